The van der Waals surface area contributed by atoms with Crippen molar-refractivity contribution in [1.82, 2.24) is 14.5 Å². The van der Waals surface area contributed by atoms with Gasteiger partial charge in [-0.3, -0.25) is 10.1 Å². The van der Waals surface area contributed by atoms with Gasteiger partial charge in [0.1, 0.15) is 0 Å². The van der Waals surface area contributed by atoms with Gasteiger partial charge >= 0.3 is 0 Å². The van der Waals surface area contributed by atoms with Gasteiger partial charge in [0.05, 0.1) is 4.90 Å². The zero-order valence-electron chi connectivity index (χ0n) is 16.1. The number of carbonyl (C=O) groups is 1. The molecule has 1 aromatic heterocycles. The highest BCUT2D eigenvalue weighted by atomic mass is 32.2. The first kappa shape index (κ1) is 21.2. The third-order valence-corrected chi connectivity index (χ3v) is 8.18. The van der Waals surface area contributed by atoms with Gasteiger partial charge in [-0.15, -0.1) is 10.2 Å². The van der Waals surface area contributed by atoms with Crippen LogP contribution in [0.5, 0.6) is 0 Å². The Balaban J connectivity index is 1.70. The lowest BCUT2D eigenvalue weighted by molar-refractivity contribution is 0.102. The molecule has 28 heavy (non-hydrogen) atoms. The van der Waals surface area contributed by atoms with E-state index in [1.807, 2.05) is 6.92 Å². The average Bonchev–Trinajstić information content (AvgIpc) is 3.08. The third kappa shape index (κ3) is 4.91. The predicted molar refractivity (Wildman–Crippen MR) is 112 cm³/mol. The van der Waals surface area contributed by atoms with Crippen LogP contribution in [-0.2, 0) is 10.0 Å². The molecule has 1 aliphatic heterocycles. The van der Waals surface area contributed by atoms with Gasteiger partial charge in [-0.2, -0.15) is 4.31 Å². The summed E-state index contributed by atoms with van der Waals surface area (Å²) in [6, 6.07) is 6.04. The number of hydrogen-bond acceptors (Lipinski definition) is 7. The Morgan fingerprint density at radius 2 is 1.86 bits per heavy atom. The normalized spacial score (nSPS) is 20.8. The van der Waals surface area contributed by atoms with E-state index in [0.717, 1.165) is 16.5 Å². The Morgan fingerprint density at radius 3 is 2.46 bits per heavy atom. The number of piperidine rings is 1. The Morgan fingerprint density at radius 1 is 1.21 bits per heavy atom. The molecule has 1 fully saturated rings. The largest absolute Gasteiger partial charge is 0.296 e. The van der Waals surface area contributed by atoms with Gasteiger partial charge in [-0.05, 0) is 48.3 Å². The minimum absolute atomic E-state index is 0.211. The molecule has 2 atom stereocenters. The van der Waals surface area contributed by atoms with E-state index in [9.17, 15) is 13.2 Å². The third-order valence-electron chi connectivity index (χ3n) is 4.48. The zero-order chi connectivity index (χ0) is 20.3. The lowest BCUT2D eigenvalue weighted by atomic mass is 9.94. The average molecular weight is 441 g/mol. The molecular weight excluding hydrogens is 416 g/mol. The molecule has 1 aliphatic rings. The number of rotatable bonds is 6. The summed E-state index contributed by atoms with van der Waals surface area (Å²) in [6.45, 7) is 7.23. The van der Waals surface area contributed by atoms with Crippen molar-refractivity contribution < 1.29 is 13.2 Å². The Bertz CT molecular complexity index is 918. The van der Waals surface area contributed by atoms with E-state index in [2.05, 4.69) is 29.4 Å². The molecule has 3 rings (SSSR count). The van der Waals surface area contributed by atoms with Crippen molar-refractivity contribution in [3.63, 3.8) is 0 Å². The minimum Gasteiger partial charge on any atom is -0.296 e. The lowest BCUT2D eigenvalue weighted by Crippen LogP contribution is -2.42. The van der Waals surface area contributed by atoms with Crippen molar-refractivity contribution in [3.05, 3.63) is 29.8 Å². The van der Waals surface area contributed by atoms with Gasteiger partial charge in [-0.25, -0.2) is 8.42 Å². The SMILES string of the molecule is CCSc1nnc(NC(=O)c2ccc(S(=O)(=O)N3C[C@@H](C)C[C@H](C)C3)cc2)s1. The van der Waals surface area contributed by atoms with Crippen LogP contribution < -0.4 is 5.32 Å². The van der Waals surface area contributed by atoms with Gasteiger partial charge in [-0.1, -0.05) is 43.9 Å². The number of amides is 1. The van der Waals surface area contributed by atoms with Gasteiger partial charge in [0, 0.05) is 18.7 Å². The molecule has 0 bridgehead atoms. The molecule has 1 amide bonds. The quantitative estimate of drug-likeness (QED) is 0.545. The minimum atomic E-state index is -3.55. The lowest BCUT2D eigenvalue weighted by Gasteiger charge is -2.34. The van der Waals surface area contributed by atoms with Crippen LogP contribution in [0.15, 0.2) is 33.5 Å². The summed E-state index contributed by atoms with van der Waals surface area (Å²) in [5.74, 6) is 1.22. The van der Waals surface area contributed by atoms with Crippen LogP contribution in [-0.4, -0.2) is 47.7 Å². The van der Waals surface area contributed by atoms with Crippen molar-refractivity contribution in [2.45, 2.75) is 36.4 Å². The molecule has 2 heterocycles. The first-order valence-corrected chi connectivity index (χ1v) is 12.4. The first-order chi connectivity index (χ1) is 13.3. The summed E-state index contributed by atoms with van der Waals surface area (Å²) < 4.78 is 28.2. The second kappa shape index (κ2) is 8.89. The molecule has 0 spiro atoms. The van der Waals surface area contributed by atoms with Gasteiger partial charge in [0.15, 0.2) is 4.34 Å². The molecule has 10 heteroatoms. The van der Waals surface area contributed by atoms with Crippen LogP contribution in [0.3, 0.4) is 0 Å². The van der Waals surface area contributed by atoms with E-state index in [1.54, 1.807) is 16.1 Å². The number of aromatic nitrogens is 2. The van der Waals surface area contributed by atoms with Crippen LogP contribution in [0.4, 0.5) is 5.13 Å². The number of benzene rings is 1. The second-order valence-corrected chi connectivity index (χ2v) is 11.5. The standard InChI is InChI=1S/C18H24N4O3S3/c1-4-26-18-21-20-17(27-18)19-16(23)14-5-7-15(8-6-14)28(24,25)22-10-12(2)9-13(3)11-22/h5-8,12-13H,4,9-11H2,1-3H3,(H,19,20,23)/t12-,13-/m0/s1. The number of thioether (sulfide) groups is 1. The number of sulfonamides is 1. The molecule has 7 nitrogen and oxygen atoms in total. The Hall–Kier alpha value is -1.49. The maximum absolute atomic E-state index is 12.9. The van der Waals surface area contributed by atoms with Crippen molar-refractivity contribution in [2.24, 2.45) is 11.8 Å². The summed E-state index contributed by atoms with van der Waals surface area (Å²) in [6.07, 6.45) is 1.04. The van der Waals surface area contributed by atoms with Crippen molar-refractivity contribution in [1.29, 1.82) is 0 Å². The van der Waals surface area contributed by atoms with E-state index in [0.29, 0.717) is 35.6 Å². The first-order valence-electron chi connectivity index (χ1n) is 9.17. The highest BCUT2D eigenvalue weighted by Crippen LogP contribution is 2.27. The maximum Gasteiger partial charge on any atom is 0.257 e. The van der Waals surface area contributed by atoms with Crippen LogP contribution in [0.25, 0.3) is 0 Å². The van der Waals surface area contributed by atoms with Gasteiger partial charge < -0.3 is 0 Å². The van der Waals surface area contributed by atoms with Gasteiger partial charge in [0.2, 0.25) is 15.2 Å². The highest BCUT2D eigenvalue weighted by Gasteiger charge is 2.31. The maximum atomic E-state index is 12.9. The number of hydrogen-bond donors (Lipinski definition) is 1. The van der Waals surface area contributed by atoms with Gasteiger partial charge in [0.25, 0.3) is 5.91 Å². The number of carbonyl (C=O) groups excluding carboxylic acids is 1. The topological polar surface area (TPSA) is 92.3 Å². The summed E-state index contributed by atoms with van der Waals surface area (Å²) in [7, 11) is -3.55. The fourth-order valence-electron chi connectivity index (χ4n) is 3.34. The van der Waals surface area contributed by atoms with E-state index >= 15 is 0 Å². The smallest absolute Gasteiger partial charge is 0.257 e. The van der Waals surface area contributed by atoms with E-state index < -0.39 is 10.0 Å². The monoisotopic (exact) mass is 440 g/mol. The second-order valence-electron chi connectivity index (χ2n) is 7.05. The predicted octanol–water partition coefficient (Wildman–Crippen LogP) is 3.57. The summed E-state index contributed by atoms with van der Waals surface area (Å²) >= 11 is 2.87. The van der Waals surface area contributed by atoms with Crippen molar-refractivity contribution >= 4 is 44.2 Å². The highest BCUT2D eigenvalue weighted by molar-refractivity contribution is 8.01. The number of anilines is 1. The fraction of sp³-hybridized carbons (Fsp3) is 0.500. The summed E-state index contributed by atoms with van der Waals surface area (Å²) in [4.78, 5) is 12.6. The summed E-state index contributed by atoms with van der Waals surface area (Å²) in [5.41, 5.74) is 0.374. The molecular formula is C18H24N4O3S3. The van der Waals surface area contributed by atoms with E-state index in [-0.39, 0.29) is 10.8 Å². The molecule has 0 radical (unpaired) electrons. The molecule has 152 valence electrons. The molecule has 0 aliphatic carbocycles. The number of nitrogens with zero attached hydrogens (tertiary/aromatic N) is 3. The van der Waals surface area contributed by atoms with Crippen LogP contribution >= 0.6 is 23.1 Å². The van der Waals surface area contributed by atoms with Crippen molar-refractivity contribution in [3.8, 4) is 0 Å². The molecule has 1 N–H and O–H groups in total. The molecule has 1 saturated heterocycles. The molecule has 1 aromatic carbocycles. The number of nitrogens with one attached hydrogen (secondary N) is 1. The van der Waals surface area contributed by atoms with Crippen molar-refractivity contribution in [2.75, 3.05) is 24.2 Å². The van der Waals surface area contributed by atoms with Crippen LogP contribution in [0.2, 0.25) is 0 Å². The Labute approximate surface area is 174 Å². The van der Waals surface area contributed by atoms with Crippen LogP contribution in [0, 0.1) is 11.8 Å². The van der Waals surface area contributed by atoms with Crippen LogP contribution in [0.1, 0.15) is 37.6 Å². The molecule has 2 aromatic rings. The summed E-state index contributed by atoms with van der Waals surface area (Å²) in [5, 5.41) is 11.1. The molecule has 0 saturated carbocycles. The van der Waals surface area contributed by atoms with E-state index in [1.165, 1.54) is 35.6 Å². The Kier molecular flexibility index (Phi) is 6.74. The molecule has 0 unspecified atom stereocenters. The van der Waals surface area contributed by atoms with E-state index in [4.69, 9.17) is 0 Å². The zero-order valence-corrected chi connectivity index (χ0v) is 18.5. The fourth-order valence-corrected chi connectivity index (χ4v) is 6.66.